The third-order valence-corrected chi connectivity index (χ3v) is 5.68. The SMILES string of the molecule is O=C(O)C1c2ccccc2CCN1C(=O)CCn1cnc2sccc2c1=O. The van der Waals surface area contributed by atoms with E-state index in [4.69, 9.17) is 0 Å². The molecule has 0 spiro atoms. The predicted molar refractivity (Wildman–Crippen MR) is 101 cm³/mol. The smallest absolute Gasteiger partial charge is 0.331 e. The van der Waals surface area contributed by atoms with Crippen LogP contribution in [0.5, 0.6) is 0 Å². The number of benzene rings is 1. The van der Waals surface area contributed by atoms with Crippen LogP contribution in [0, 0.1) is 0 Å². The molecule has 0 saturated carbocycles. The summed E-state index contributed by atoms with van der Waals surface area (Å²) in [4.78, 5) is 43.3. The second kappa shape index (κ2) is 6.96. The van der Waals surface area contributed by atoms with Crippen molar-refractivity contribution in [3.8, 4) is 0 Å². The number of amides is 1. The molecule has 138 valence electrons. The van der Waals surface area contributed by atoms with Gasteiger partial charge in [0.2, 0.25) is 5.91 Å². The number of hydrogen-bond acceptors (Lipinski definition) is 5. The maximum Gasteiger partial charge on any atom is 0.331 e. The van der Waals surface area contributed by atoms with Crippen molar-refractivity contribution in [2.75, 3.05) is 6.54 Å². The van der Waals surface area contributed by atoms with E-state index in [1.54, 1.807) is 23.6 Å². The molecule has 0 radical (unpaired) electrons. The molecule has 8 heteroatoms. The van der Waals surface area contributed by atoms with Gasteiger partial charge in [-0.15, -0.1) is 11.3 Å². The summed E-state index contributed by atoms with van der Waals surface area (Å²) in [6.45, 7) is 0.518. The van der Waals surface area contributed by atoms with Gasteiger partial charge in [-0.25, -0.2) is 9.78 Å². The van der Waals surface area contributed by atoms with Crippen molar-refractivity contribution in [1.29, 1.82) is 0 Å². The van der Waals surface area contributed by atoms with Crippen LogP contribution in [0.3, 0.4) is 0 Å². The number of rotatable bonds is 4. The number of hydrogen-bond donors (Lipinski definition) is 1. The Bertz CT molecular complexity index is 1090. The first-order valence-corrected chi connectivity index (χ1v) is 9.47. The van der Waals surface area contributed by atoms with E-state index < -0.39 is 12.0 Å². The number of aliphatic carboxylic acids is 1. The minimum atomic E-state index is -1.05. The number of carboxylic acids is 1. The van der Waals surface area contributed by atoms with Gasteiger partial charge in [0.05, 0.1) is 11.7 Å². The Morgan fingerprint density at radius 3 is 2.89 bits per heavy atom. The molecular weight excluding hydrogens is 366 g/mol. The van der Waals surface area contributed by atoms with Crippen molar-refractivity contribution in [3.63, 3.8) is 0 Å². The zero-order valence-electron chi connectivity index (χ0n) is 14.4. The van der Waals surface area contributed by atoms with Crippen LogP contribution >= 0.6 is 11.3 Å². The average molecular weight is 383 g/mol. The molecule has 3 heterocycles. The monoisotopic (exact) mass is 383 g/mol. The highest BCUT2D eigenvalue weighted by atomic mass is 32.1. The maximum atomic E-state index is 12.7. The predicted octanol–water partition coefficient (Wildman–Crippen LogP) is 2.06. The minimum Gasteiger partial charge on any atom is -0.479 e. The molecular formula is C19H17N3O4S. The fourth-order valence-corrected chi connectivity index (χ4v) is 4.24. The van der Waals surface area contributed by atoms with E-state index in [9.17, 15) is 19.5 Å². The van der Waals surface area contributed by atoms with Crippen molar-refractivity contribution in [1.82, 2.24) is 14.5 Å². The van der Waals surface area contributed by atoms with Crippen LogP contribution in [-0.4, -0.2) is 38.0 Å². The fourth-order valence-electron chi connectivity index (χ4n) is 3.51. The average Bonchev–Trinajstić information content (AvgIpc) is 3.15. The summed E-state index contributed by atoms with van der Waals surface area (Å²) in [5.41, 5.74) is 1.42. The van der Waals surface area contributed by atoms with Crippen molar-refractivity contribution >= 4 is 33.4 Å². The molecule has 0 bridgehead atoms. The van der Waals surface area contributed by atoms with E-state index in [0.29, 0.717) is 28.7 Å². The lowest BCUT2D eigenvalue weighted by Gasteiger charge is -2.34. The molecule has 0 saturated heterocycles. The summed E-state index contributed by atoms with van der Waals surface area (Å²) in [6.07, 6.45) is 2.10. The minimum absolute atomic E-state index is 0.0448. The lowest BCUT2D eigenvalue weighted by Crippen LogP contribution is -2.44. The van der Waals surface area contributed by atoms with E-state index in [-0.39, 0.29) is 24.4 Å². The van der Waals surface area contributed by atoms with Gasteiger partial charge in [-0.2, -0.15) is 0 Å². The van der Waals surface area contributed by atoms with Crippen molar-refractivity contribution < 1.29 is 14.7 Å². The molecule has 0 aliphatic carbocycles. The summed E-state index contributed by atoms with van der Waals surface area (Å²) in [5.74, 6) is -1.33. The summed E-state index contributed by atoms with van der Waals surface area (Å²) < 4.78 is 1.40. The highest BCUT2D eigenvalue weighted by Crippen LogP contribution is 2.30. The molecule has 4 rings (SSSR count). The summed E-state index contributed by atoms with van der Waals surface area (Å²) in [7, 11) is 0. The van der Waals surface area contributed by atoms with Crippen molar-refractivity contribution in [2.24, 2.45) is 0 Å². The molecule has 27 heavy (non-hydrogen) atoms. The fraction of sp³-hybridized carbons (Fsp3) is 0.263. The van der Waals surface area contributed by atoms with Crippen LogP contribution < -0.4 is 5.56 Å². The van der Waals surface area contributed by atoms with Crippen molar-refractivity contribution in [2.45, 2.75) is 25.4 Å². The largest absolute Gasteiger partial charge is 0.479 e. The topological polar surface area (TPSA) is 92.5 Å². The van der Waals surface area contributed by atoms with Gasteiger partial charge in [0.1, 0.15) is 4.83 Å². The Morgan fingerprint density at radius 2 is 2.07 bits per heavy atom. The molecule has 3 aromatic rings. The second-order valence-electron chi connectivity index (χ2n) is 6.41. The zero-order chi connectivity index (χ0) is 19.0. The molecule has 1 unspecified atom stereocenters. The molecule has 1 aliphatic rings. The van der Waals surface area contributed by atoms with Gasteiger partial charge in [-0.1, -0.05) is 24.3 Å². The lowest BCUT2D eigenvalue weighted by molar-refractivity contribution is -0.151. The number of fused-ring (bicyclic) bond motifs is 2. The maximum absolute atomic E-state index is 12.7. The van der Waals surface area contributed by atoms with Gasteiger partial charge in [-0.05, 0) is 29.0 Å². The Balaban J connectivity index is 1.54. The van der Waals surface area contributed by atoms with E-state index in [2.05, 4.69) is 4.98 Å². The third-order valence-electron chi connectivity index (χ3n) is 4.85. The van der Waals surface area contributed by atoms with Gasteiger partial charge in [-0.3, -0.25) is 14.2 Å². The number of carboxylic acid groups (broad SMARTS) is 1. The lowest BCUT2D eigenvalue weighted by atomic mass is 9.92. The van der Waals surface area contributed by atoms with E-state index in [1.165, 1.54) is 27.1 Å². The van der Waals surface area contributed by atoms with Gasteiger partial charge in [0.25, 0.3) is 5.56 Å². The zero-order valence-corrected chi connectivity index (χ0v) is 15.2. The van der Waals surface area contributed by atoms with Crippen LogP contribution in [0.1, 0.15) is 23.6 Å². The molecule has 7 nitrogen and oxygen atoms in total. The number of carbonyl (C=O) groups excluding carboxylic acids is 1. The van der Waals surface area contributed by atoms with Crippen molar-refractivity contribution in [3.05, 3.63) is 63.5 Å². The first-order chi connectivity index (χ1) is 13.1. The van der Waals surface area contributed by atoms with Crippen LogP contribution in [0.4, 0.5) is 0 Å². The summed E-state index contributed by atoms with van der Waals surface area (Å²) >= 11 is 1.39. The van der Waals surface area contributed by atoms with Gasteiger partial charge in [0, 0.05) is 19.5 Å². The second-order valence-corrected chi connectivity index (χ2v) is 7.30. The Labute approximate surface area is 158 Å². The molecule has 0 fully saturated rings. The normalized spacial score (nSPS) is 16.3. The standard InChI is InChI=1S/C19H17N3O4S/c23-15(6-8-21-11-20-17-14(18(21)24)7-10-27-17)22-9-5-12-3-1-2-4-13(12)16(22)19(25)26/h1-4,7,10-11,16H,5-6,8-9H2,(H,25,26). The molecule has 2 aromatic heterocycles. The van der Waals surface area contributed by atoms with Crippen LogP contribution in [0.2, 0.25) is 0 Å². The Hall–Kier alpha value is -3.00. The Morgan fingerprint density at radius 1 is 1.26 bits per heavy atom. The number of carbonyl (C=O) groups is 2. The third kappa shape index (κ3) is 3.12. The van der Waals surface area contributed by atoms with Gasteiger partial charge in [0.15, 0.2) is 6.04 Å². The van der Waals surface area contributed by atoms with E-state index in [1.807, 2.05) is 12.1 Å². The summed E-state index contributed by atoms with van der Waals surface area (Å²) in [5, 5.41) is 12.0. The molecule has 1 N–H and O–H groups in total. The Kier molecular flexibility index (Phi) is 4.49. The van der Waals surface area contributed by atoms with Gasteiger partial charge < -0.3 is 10.0 Å². The quantitative estimate of drug-likeness (QED) is 0.744. The number of aromatic nitrogens is 2. The first-order valence-electron chi connectivity index (χ1n) is 8.59. The molecule has 1 atom stereocenters. The highest BCUT2D eigenvalue weighted by Gasteiger charge is 2.35. The number of nitrogens with zero attached hydrogens (tertiary/aromatic N) is 3. The summed E-state index contributed by atoms with van der Waals surface area (Å²) in [6, 6.07) is 8.03. The van der Waals surface area contributed by atoms with E-state index in [0.717, 1.165) is 5.56 Å². The molecule has 1 amide bonds. The van der Waals surface area contributed by atoms with Crippen LogP contribution in [-0.2, 0) is 22.6 Å². The van der Waals surface area contributed by atoms with Crippen LogP contribution in [0.25, 0.3) is 10.2 Å². The number of aryl methyl sites for hydroxylation is 1. The first kappa shape index (κ1) is 17.4. The number of thiophene rings is 1. The molecule has 1 aromatic carbocycles. The van der Waals surface area contributed by atoms with E-state index >= 15 is 0 Å². The van der Waals surface area contributed by atoms with Crippen LogP contribution in [0.15, 0.2) is 46.8 Å². The highest BCUT2D eigenvalue weighted by molar-refractivity contribution is 7.16. The molecule has 1 aliphatic heterocycles. The van der Waals surface area contributed by atoms with Gasteiger partial charge >= 0.3 is 5.97 Å².